The molecule has 10 heteroatoms. The molecule has 2 atom stereocenters. The van der Waals surface area contributed by atoms with Gasteiger partial charge in [0.2, 0.25) is 0 Å². The van der Waals surface area contributed by atoms with Crippen LogP contribution < -0.4 is 10.1 Å². The lowest BCUT2D eigenvalue weighted by molar-refractivity contribution is -0.149. The van der Waals surface area contributed by atoms with E-state index in [0.717, 1.165) is 17.5 Å². The molecule has 0 aliphatic carbocycles. The van der Waals surface area contributed by atoms with Gasteiger partial charge in [-0.15, -0.1) is 0 Å². The van der Waals surface area contributed by atoms with Crippen molar-refractivity contribution >= 4 is 35.2 Å². The van der Waals surface area contributed by atoms with E-state index in [1.165, 1.54) is 0 Å². The average Bonchev–Trinajstić information content (AvgIpc) is 2.87. The molecular formula is C28H38Cl2N2O6. The Balaban J connectivity index is 1.84. The lowest BCUT2D eigenvalue weighted by Gasteiger charge is -2.25. The van der Waals surface area contributed by atoms with E-state index in [-0.39, 0.29) is 18.5 Å². The van der Waals surface area contributed by atoms with E-state index in [0.29, 0.717) is 61.7 Å². The van der Waals surface area contributed by atoms with E-state index >= 15 is 0 Å². The molecular weight excluding hydrogens is 531 g/mol. The minimum atomic E-state index is -0.984. The largest absolute Gasteiger partial charge is 0.492 e. The summed E-state index contributed by atoms with van der Waals surface area (Å²) in [5, 5.41) is 13.4. The van der Waals surface area contributed by atoms with E-state index in [1.807, 2.05) is 38.1 Å². The van der Waals surface area contributed by atoms with Crippen LogP contribution in [0.1, 0.15) is 44.7 Å². The maximum absolute atomic E-state index is 12.8. The second-order valence-corrected chi connectivity index (χ2v) is 9.78. The summed E-state index contributed by atoms with van der Waals surface area (Å²) in [6, 6.07) is 12.4. The number of nitrogens with one attached hydrogen (secondary N) is 1. The van der Waals surface area contributed by atoms with Gasteiger partial charge in [-0.1, -0.05) is 42.3 Å². The van der Waals surface area contributed by atoms with Gasteiger partial charge in [0.1, 0.15) is 12.4 Å². The molecule has 8 nitrogen and oxygen atoms in total. The van der Waals surface area contributed by atoms with Crippen molar-refractivity contribution in [1.82, 2.24) is 10.2 Å². The summed E-state index contributed by atoms with van der Waals surface area (Å²) < 4.78 is 16.9. The molecule has 0 aliphatic heterocycles. The fourth-order valence-corrected chi connectivity index (χ4v) is 4.16. The predicted octanol–water partition coefficient (Wildman–Crippen LogP) is 5.82. The summed E-state index contributed by atoms with van der Waals surface area (Å²) in [4.78, 5) is 25.8. The fourth-order valence-electron chi connectivity index (χ4n) is 3.59. The highest BCUT2D eigenvalue weighted by atomic mass is 35.5. The lowest BCUT2D eigenvalue weighted by Crippen LogP contribution is -2.45. The van der Waals surface area contributed by atoms with Gasteiger partial charge in [-0.05, 0) is 68.1 Å². The molecule has 0 spiro atoms. The summed E-state index contributed by atoms with van der Waals surface area (Å²) in [6.07, 6.45) is 0.886. The van der Waals surface area contributed by atoms with Gasteiger partial charge in [0.05, 0.1) is 13.2 Å². The number of carboxylic acid groups (broad SMARTS) is 1. The third kappa shape index (κ3) is 11.9. The molecule has 0 saturated heterocycles. The molecule has 0 aromatic heterocycles. The summed E-state index contributed by atoms with van der Waals surface area (Å²) in [5.74, 6) is -0.343. The van der Waals surface area contributed by atoms with Crippen LogP contribution in [0, 0.1) is 0 Å². The SMILES string of the molecule is CCOC(Cc1ccc(OCCN(CCCOCc2cc(Cl)cc(Cl)c2)C(=O)NC(C)CC)cc1)C(=O)O. The average molecular weight is 570 g/mol. The third-order valence-electron chi connectivity index (χ3n) is 5.79. The third-order valence-corrected chi connectivity index (χ3v) is 6.23. The number of nitrogens with zero attached hydrogens (tertiary/aromatic N) is 1. The number of rotatable bonds is 17. The van der Waals surface area contributed by atoms with E-state index in [2.05, 4.69) is 5.32 Å². The topological polar surface area (TPSA) is 97.3 Å². The van der Waals surface area contributed by atoms with Crippen LogP contribution in [-0.4, -0.2) is 67.1 Å². The molecule has 38 heavy (non-hydrogen) atoms. The predicted molar refractivity (Wildman–Crippen MR) is 149 cm³/mol. The zero-order chi connectivity index (χ0) is 27.9. The lowest BCUT2D eigenvalue weighted by atomic mass is 10.1. The van der Waals surface area contributed by atoms with E-state index in [1.54, 1.807) is 30.0 Å². The first kappa shape index (κ1) is 31.7. The zero-order valence-corrected chi connectivity index (χ0v) is 23.8. The van der Waals surface area contributed by atoms with Crippen molar-refractivity contribution in [1.29, 1.82) is 0 Å². The summed E-state index contributed by atoms with van der Waals surface area (Å²) in [6.45, 7) is 8.17. The molecule has 0 bridgehead atoms. The zero-order valence-electron chi connectivity index (χ0n) is 22.3. The summed E-state index contributed by atoms with van der Waals surface area (Å²) in [7, 11) is 0. The van der Waals surface area contributed by atoms with Crippen molar-refractivity contribution in [2.45, 2.75) is 58.8 Å². The van der Waals surface area contributed by atoms with Gasteiger partial charge in [0, 0.05) is 42.3 Å². The Morgan fingerprint density at radius 2 is 1.68 bits per heavy atom. The van der Waals surface area contributed by atoms with Gasteiger partial charge in [-0.2, -0.15) is 0 Å². The molecule has 0 radical (unpaired) electrons. The number of amides is 2. The van der Waals surface area contributed by atoms with Crippen LogP contribution in [0.2, 0.25) is 10.0 Å². The van der Waals surface area contributed by atoms with Crippen LogP contribution >= 0.6 is 23.2 Å². The highest BCUT2D eigenvalue weighted by Crippen LogP contribution is 2.19. The number of benzene rings is 2. The van der Waals surface area contributed by atoms with Gasteiger partial charge in [-0.3, -0.25) is 0 Å². The van der Waals surface area contributed by atoms with Gasteiger partial charge in [0.15, 0.2) is 6.10 Å². The Bertz CT molecular complexity index is 985. The van der Waals surface area contributed by atoms with Gasteiger partial charge in [-0.25, -0.2) is 9.59 Å². The minimum absolute atomic E-state index is 0.0635. The number of hydrogen-bond donors (Lipinski definition) is 2. The Labute approximate surface area is 235 Å². The molecule has 2 N–H and O–H groups in total. The van der Waals surface area contributed by atoms with Crippen LogP contribution in [0.15, 0.2) is 42.5 Å². The van der Waals surface area contributed by atoms with Crippen LogP contribution in [-0.2, 0) is 27.3 Å². The Hall–Kier alpha value is -2.52. The smallest absolute Gasteiger partial charge is 0.333 e. The maximum Gasteiger partial charge on any atom is 0.333 e. The Morgan fingerprint density at radius 3 is 2.29 bits per heavy atom. The monoisotopic (exact) mass is 568 g/mol. The Kier molecular flexibility index (Phi) is 14.3. The quantitative estimate of drug-likeness (QED) is 0.233. The van der Waals surface area contributed by atoms with Crippen LogP contribution in [0.25, 0.3) is 0 Å². The molecule has 2 rings (SSSR count). The highest BCUT2D eigenvalue weighted by Gasteiger charge is 2.18. The standard InChI is InChI=1S/C28H38Cl2N2O6/c1-4-20(3)31-28(35)32(11-6-13-36-19-22-15-23(29)18-24(30)16-22)12-14-38-25-9-7-21(8-10-25)17-26(27(33)34)37-5-2/h7-10,15-16,18,20,26H,4-6,11-14,17,19H2,1-3H3,(H,31,35)(H,33,34). The second-order valence-electron chi connectivity index (χ2n) is 8.91. The molecule has 2 aromatic rings. The van der Waals surface area contributed by atoms with E-state index in [4.69, 9.17) is 37.4 Å². The molecule has 0 aliphatic rings. The van der Waals surface area contributed by atoms with Crippen molar-refractivity contribution in [3.05, 3.63) is 63.6 Å². The molecule has 0 saturated carbocycles. The number of carboxylic acids is 1. The first-order chi connectivity index (χ1) is 18.2. The number of urea groups is 1. The molecule has 2 amide bonds. The van der Waals surface area contributed by atoms with Crippen LogP contribution in [0.5, 0.6) is 5.75 Å². The summed E-state index contributed by atoms with van der Waals surface area (Å²) >= 11 is 12.1. The number of aliphatic carboxylic acids is 1. The minimum Gasteiger partial charge on any atom is -0.492 e. The number of halogens is 2. The first-order valence-electron chi connectivity index (χ1n) is 12.9. The fraction of sp³-hybridized carbons (Fsp3) is 0.500. The molecule has 0 fully saturated rings. The van der Waals surface area contributed by atoms with E-state index < -0.39 is 12.1 Å². The van der Waals surface area contributed by atoms with Crippen molar-refractivity contribution in [2.24, 2.45) is 0 Å². The molecule has 0 heterocycles. The van der Waals surface area contributed by atoms with E-state index in [9.17, 15) is 14.7 Å². The van der Waals surface area contributed by atoms with Crippen LogP contribution in [0.3, 0.4) is 0 Å². The Morgan fingerprint density at radius 1 is 1.00 bits per heavy atom. The number of carbonyl (C=O) groups excluding carboxylic acids is 1. The van der Waals surface area contributed by atoms with Gasteiger partial charge < -0.3 is 29.5 Å². The van der Waals surface area contributed by atoms with Crippen molar-refractivity contribution in [3.63, 3.8) is 0 Å². The second kappa shape index (κ2) is 17.1. The highest BCUT2D eigenvalue weighted by molar-refractivity contribution is 6.34. The molecule has 2 aromatic carbocycles. The van der Waals surface area contributed by atoms with Crippen molar-refractivity contribution in [3.8, 4) is 5.75 Å². The maximum atomic E-state index is 12.8. The van der Waals surface area contributed by atoms with Crippen molar-refractivity contribution < 1.29 is 28.9 Å². The first-order valence-corrected chi connectivity index (χ1v) is 13.6. The number of ether oxygens (including phenoxy) is 3. The normalized spacial score (nSPS) is 12.6. The molecule has 210 valence electrons. The molecule has 2 unspecified atom stereocenters. The van der Waals surface area contributed by atoms with Crippen molar-refractivity contribution in [2.75, 3.05) is 32.9 Å². The van der Waals surface area contributed by atoms with Gasteiger partial charge in [0.25, 0.3) is 0 Å². The number of hydrogen-bond acceptors (Lipinski definition) is 5. The summed E-state index contributed by atoms with van der Waals surface area (Å²) in [5.41, 5.74) is 1.73. The van der Waals surface area contributed by atoms with Crippen LogP contribution in [0.4, 0.5) is 4.79 Å². The number of carbonyl (C=O) groups is 2. The van der Waals surface area contributed by atoms with Gasteiger partial charge >= 0.3 is 12.0 Å².